The van der Waals surface area contributed by atoms with Crippen LogP contribution in [0.25, 0.3) is 10.2 Å². The molecule has 1 saturated heterocycles. The monoisotopic (exact) mass is 300 g/mol. The third kappa shape index (κ3) is 2.09. The molecule has 1 aliphatic rings. The van der Waals surface area contributed by atoms with Gasteiger partial charge in [0, 0.05) is 24.5 Å². The summed E-state index contributed by atoms with van der Waals surface area (Å²) in [5.74, 6) is 0.891. The van der Waals surface area contributed by atoms with Crippen molar-refractivity contribution >= 4 is 56.3 Å². The number of rotatable bonds is 2. The van der Waals surface area contributed by atoms with Crippen molar-refractivity contribution in [2.24, 2.45) is 5.92 Å². The smallest absolute Gasteiger partial charge is 0.227 e. The predicted octanol–water partition coefficient (Wildman–Crippen LogP) is 3.54. The first-order chi connectivity index (χ1) is 8.67. The molecule has 6 heteroatoms. The molecule has 1 unspecified atom stereocenters. The number of carbonyl (C=O) groups excluding carboxylic acids is 1. The van der Waals surface area contributed by atoms with Crippen LogP contribution in [0, 0.1) is 5.92 Å². The number of anilines is 1. The lowest BCUT2D eigenvalue weighted by molar-refractivity contribution is -0.117. The van der Waals surface area contributed by atoms with E-state index in [1.807, 2.05) is 18.2 Å². The molecule has 0 saturated carbocycles. The van der Waals surface area contributed by atoms with Gasteiger partial charge in [-0.2, -0.15) is 0 Å². The molecule has 1 amide bonds. The Morgan fingerprint density at radius 1 is 1.50 bits per heavy atom. The van der Waals surface area contributed by atoms with Gasteiger partial charge in [0.05, 0.1) is 10.2 Å². The Labute approximate surface area is 118 Å². The van der Waals surface area contributed by atoms with Crippen molar-refractivity contribution in [3.63, 3.8) is 0 Å². The highest BCUT2D eigenvalue weighted by atomic mass is 35.5. The van der Waals surface area contributed by atoms with E-state index < -0.39 is 0 Å². The number of hydrogen-bond acceptors (Lipinski definition) is 3. The zero-order valence-corrected chi connectivity index (χ0v) is 11.7. The van der Waals surface area contributed by atoms with Crippen LogP contribution in [-0.4, -0.2) is 23.3 Å². The Balaban J connectivity index is 1.96. The Morgan fingerprint density at radius 2 is 2.33 bits per heavy atom. The van der Waals surface area contributed by atoms with Gasteiger partial charge in [0.25, 0.3) is 0 Å². The number of amides is 1. The van der Waals surface area contributed by atoms with Crippen molar-refractivity contribution in [2.75, 3.05) is 17.3 Å². The first-order valence-electron chi connectivity index (χ1n) is 5.60. The van der Waals surface area contributed by atoms with E-state index in [0.717, 1.165) is 15.9 Å². The van der Waals surface area contributed by atoms with Gasteiger partial charge in [-0.25, -0.2) is 4.98 Å². The van der Waals surface area contributed by atoms with Gasteiger partial charge in [-0.3, -0.25) is 4.79 Å². The van der Waals surface area contributed by atoms with Crippen LogP contribution in [0.2, 0.25) is 4.47 Å². The average Bonchev–Trinajstić information content (AvgIpc) is 2.89. The summed E-state index contributed by atoms with van der Waals surface area (Å²) in [6.45, 7) is 0.686. The number of benzene rings is 1. The van der Waals surface area contributed by atoms with Gasteiger partial charge in [0.1, 0.15) is 0 Å². The fraction of sp³-hybridized carbons (Fsp3) is 0.333. The van der Waals surface area contributed by atoms with Gasteiger partial charge in [-0.1, -0.05) is 11.6 Å². The lowest BCUT2D eigenvalue weighted by Gasteiger charge is -2.16. The van der Waals surface area contributed by atoms with E-state index in [-0.39, 0.29) is 11.8 Å². The minimum atomic E-state index is 0.126. The lowest BCUT2D eigenvalue weighted by Crippen LogP contribution is -2.24. The molecule has 3 nitrogen and oxygen atoms in total. The minimum Gasteiger partial charge on any atom is -0.312 e. The maximum Gasteiger partial charge on any atom is 0.227 e. The second-order valence-electron chi connectivity index (χ2n) is 4.35. The highest BCUT2D eigenvalue weighted by molar-refractivity contribution is 7.22. The summed E-state index contributed by atoms with van der Waals surface area (Å²) in [6.07, 6.45) is 0.527. The second kappa shape index (κ2) is 4.68. The molecule has 94 valence electrons. The summed E-state index contributed by atoms with van der Waals surface area (Å²) < 4.78 is 1.55. The molecule has 18 heavy (non-hydrogen) atoms. The predicted molar refractivity (Wildman–Crippen MR) is 75.8 cm³/mol. The summed E-state index contributed by atoms with van der Waals surface area (Å²) >= 11 is 13.1. The molecule has 2 heterocycles. The molecule has 1 atom stereocenters. The number of hydrogen-bond donors (Lipinski definition) is 0. The summed E-state index contributed by atoms with van der Waals surface area (Å²) in [6, 6.07) is 5.80. The van der Waals surface area contributed by atoms with E-state index in [9.17, 15) is 4.79 Å². The third-order valence-electron chi connectivity index (χ3n) is 3.08. The molecule has 1 aromatic carbocycles. The van der Waals surface area contributed by atoms with Crippen LogP contribution in [0.5, 0.6) is 0 Å². The summed E-state index contributed by atoms with van der Waals surface area (Å²) in [7, 11) is 0. The molecule has 2 aromatic rings. The van der Waals surface area contributed by atoms with Gasteiger partial charge in [0.2, 0.25) is 5.91 Å². The largest absolute Gasteiger partial charge is 0.312 e. The van der Waals surface area contributed by atoms with Crippen LogP contribution < -0.4 is 4.90 Å². The molecule has 3 rings (SSSR count). The maximum atomic E-state index is 11.9. The van der Waals surface area contributed by atoms with Gasteiger partial charge in [-0.15, -0.1) is 22.9 Å². The Kier molecular flexibility index (Phi) is 3.18. The molecular weight excluding hydrogens is 291 g/mol. The standard InChI is InChI=1S/C12H10Cl2N2OS/c13-5-7-3-11(17)16(6-7)8-1-2-10-9(4-8)15-12(14)18-10/h1-2,4,7H,3,5-6H2. The molecule has 0 radical (unpaired) electrons. The highest BCUT2D eigenvalue weighted by Crippen LogP contribution is 2.31. The maximum absolute atomic E-state index is 11.9. The van der Waals surface area contributed by atoms with Gasteiger partial charge >= 0.3 is 0 Å². The number of alkyl halides is 1. The Morgan fingerprint density at radius 3 is 3.06 bits per heavy atom. The van der Waals surface area contributed by atoms with Crippen LogP contribution in [0.4, 0.5) is 5.69 Å². The highest BCUT2D eigenvalue weighted by Gasteiger charge is 2.30. The van der Waals surface area contributed by atoms with Gasteiger partial charge in [-0.05, 0) is 24.1 Å². The van der Waals surface area contributed by atoms with E-state index in [1.54, 1.807) is 4.90 Å². The third-order valence-corrected chi connectivity index (χ3v) is 4.66. The number of carbonyl (C=O) groups is 1. The first kappa shape index (κ1) is 12.2. The van der Waals surface area contributed by atoms with E-state index >= 15 is 0 Å². The molecule has 0 N–H and O–H groups in total. The van der Waals surface area contributed by atoms with Crippen LogP contribution >= 0.6 is 34.5 Å². The van der Waals surface area contributed by atoms with Crippen molar-refractivity contribution < 1.29 is 4.79 Å². The molecular formula is C12H10Cl2N2OS. The van der Waals surface area contributed by atoms with Crippen molar-refractivity contribution in [3.05, 3.63) is 22.7 Å². The van der Waals surface area contributed by atoms with Crippen LogP contribution in [0.3, 0.4) is 0 Å². The zero-order valence-electron chi connectivity index (χ0n) is 9.40. The van der Waals surface area contributed by atoms with E-state index in [4.69, 9.17) is 23.2 Å². The van der Waals surface area contributed by atoms with Crippen molar-refractivity contribution in [3.8, 4) is 0 Å². The SMILES string of the molecule is O=C1CC(CCl)CN1c1ccc2sc(Cl)nc2c1. The molecule has 0 spiro atoms. The molecule has 1 aliphatic heterocycles. The molecule has 1 aromatic heterocycles. The molecule has 1 fully saturated rings. The van der Waals surface area contributed by atoms with Crippen LogP contribution in [-0.2, 0) is 4.79 Å². The summed E-state index contributed by atoms with van der Waals surface area (Å²) in [5.41, 5.74) is 1.71. The number of thiazole rings is 1. The lowest BCUT2D eigenvalue weighted by atomic mass is 10.1. The van der Waals surface area contributed by atoms with Crippen LogP contribution in [0.1, 0.15) is 6.42 Å². The van der Waals surface area contributed by atoms with E-state index in [1.165, 1.54) is 11.3 Å². The van der Waals surface area contributed by atoms with Crippen molar-refractivity contribution in [1.29, 1.82) is 0 Å². The first-order valence-corrected chi connectivity index (χ1v) is 7.32. The van der Waals surface area contributed by atoms with Crippen molar-refractivity contribution in [1.82, 2.24) is 4.98 Å². The Bertz CT molecular complexity index is 613. The number of fused-ring (bicyclic) bond motifs is 1. The van der Waals surface area contributed by atoms with E-state index in [0.29, 0.717) is 23.3 Å². The van der Waals surface area contributed by atoms with Crippen molar-refractivity contribution in [2.45, 2.75) is 6.42 Å². The number of aromatic nitrogens is 1. The van der Waals surface area contributed by atoms with Gasteiger partial charge < -0.3 is 4.90 Å². The second-order valence-corrected chi connectivity index (χ2v) is 6.27. The summed E-state index contributed by atoms with van der Waals surface area (Å²) in [4.78, 5) is 17.9. The fourth-order valence-corrected chi connectivity index (χ4v) is 3.41. The molecule has 0 bridgehead atoms. The summed E-state index contributed by atoms with van der Waals surface area (Å²) in [5, 5.41) is 0. The number of halogens is 2. The fourth-order valence-electron chi connectivity index (χ4n) is 2.19. The Hall–Kier alpha value is -0.840. The quantitative estimate of drug-likeness (QED) is 0.795. The minimum absolute atomic E-state index is 0.126. The molecule has 0 aliphatic carbocycles. The van der Waals surface area contributed by atoms with Gasteiger partial charge in [0.15, 0.2) is 4.47 Å². The topological polar surface area (TPSA) is 33.2 Å². The zero-order chi connectivity index (χ0) is 12.7. The van der Waals surface area contributed by atoms with E-state index in [2.05, 4.69) is 4.98 Å². The number of nitrogens with zero attached hydrogens (tertiary/aromatic N) is 2. The van der Waals surface area contributed by atoms with Crippen LogP contribution in [0.15, 0.2) is 18.2 Å². The average molecular weight is 301 g/mol. The normalized spacial score (nSPS) is 20.0.